The Morgan fingerprint density at radius 2 is 1.88 bits per heavy atom. The Kier molecular flexibility index (Phi) is 5.20. The molecule has 2 aromatic rings. The zero-order valence-electron chi connectivity index (χ0n) is 10.4. The van der Waals surface area contributed by atoms with Crippen LogP contribution in [0.3, 0.4) is 0 Å². The van der Waals surface area contributed by atoms with Gasteiger partial charge in [-0.15, -0.1) is 11.3 Å². The van der Waals surface area contributed by atoms with Gasteiger partial charge in [0.25, 0.3) is 0 Å². The predicted octanol–water partition coefficient (Wildman–Crippen LogP) is 4.84. The number of aryl methyl sites for hydroxylation is 2. The van der Waals surface area contributed by atoms with E-state index in [9.17, 15) is 0 Å². The minimum Gasteiger partial charge on any atom is -0.241 e. The van der Waals surface area contributed by atoms with E-state index in [1.54, 1.807) is 11.3 Å². The fourth-order valence-corrected chi connectivity index (χ4v) is 2.06. The number of hydrogen-bond acceptors (Lipinski definition) is 2. The molecule has 1 nitrogen and oxygen atoms in total. The van der Waals surface area contributed by atoms with Crippen LogP contribution in [-0.4, -0.2) is 4.98 Å². The van der Waals surface area contributed by atoms with E-state index in [4.69, 9.17) is 0 Å². The van der Waals surface area contributed by atoms with E-state index in [0.29, 0.717) is 0 Å². The van der Waals surface area contributed by atoms with Gasteiger partial charge < -0.3 is 0 Å². The Bertz CT molecular complexity index is 432. The molecule has 0 saturated carbocycles. The molecular formula is C14H19NS. The molecule has 0 bridgehead atoms. The standard InChI is InChI=1S/C11H11NS.C3H8/c1-8-4-3-5-10(6-8)11-12-9(2)7-13-11;1-3-2/h3-7H,1-2H3;3H2,1-2H3. The summed E-state index contributed by atoms with van der Waals surface area (Å²) in [5.74, 6) is 0. The largest absolute Gasteiger partial charge is 0.241 e. The molecule has 86 valence electrons. The Hall–Kier alpha value is -1.15. The highest BCUT2D eigenvalue weighted by atomic mass is 32.1. The molecule has 0 saturated heterocycles. The Morgan fingerprint density at radius 1 is 1.19 bits per heavy atom. The Labute approximate surface area is 102 Å². The van der Waals surface area contributed by atoms with Gasteiger partial charge in [-0.3, -0.25) is 0 Å². The maximum Gasteiger partial charge on any atom is 0.123 e. The van der Waals surface area contributed by atoms with Crippen molar-refractivity contribution in [2.45, 2.75) is 34.1 Å². The van der Waals surface area contributed by atoms with Crippen molar-refractivity contribution in [3.8, 4) is 10.6 Å². The van der Waals surface area contributed by atoms with Crippen LogP contribution < -0.4 is 0 Å². The van der Waals surface area contributed by atoms with Gasteiger partial charge in [-0.1, -0.05) is 44.0 Å². The number of hydrogen-bond donors (Lipinski definition) is 0. The van der Waals surface area contributed by atoms with Crippen molar-refractivity contribution < 1.29 is 0 Å². The predicted molar refractivity (Wildman–Crippen MR) is 73.0 cm³/mol. The molecule has 1 aromatic heterocycles. The zero-order chi connectivity index (χ0) is 12.0. The molecule has 0 aliphatic carbocycles. The summed E-state index contributed by atoms with van der Waals surface area (Å²) in [7, 11) is 0. The molecule has 0 aliphatic rings. The lowest BCUT2D eigenvalue weighted by atomic mass is 10.1. The van der Waals surface area contributed by atoms with Crippen molar-refractivity contribution in [3.05, 3.63) is 40.9 Å². The first-order chi connectivity index (χ1) is 7.67. The molecule has 1 aromatic carbocycles. The summed E-state index contributed by atoms with van der Waals surface area (Å²) >= 11 is 1.70. The lowest BCUT2D eigenvalue weighted by Crippen LogP contribution is -1.78. The number of nitrogens with zero attached hydrogens (tertiary/aromatic N) is 1. The first-order valence-electron chi connectivity index (χ1n) is 5.66. The highest BCUT2D eigenvalue weighted by Crippen LogP contribution is 2.23. The van der Waals surface area contributed by atoms with Gasteiger partial charge in [-0.05, 0) is 19.9 Å². The van der Waals surface area contributed by atoms with Crippen molar-refractivity contribution >= 4 is 11.3 Å². The van der Waals surface area contributed by atoms with E-state index in [2.05, 4.69) is 55.4 Å². The second kappa shape index (κ2) is 6.44. The van der Waals surface area contributed by atoms with Crippen molar-refractivity contribution in [3.63, 3.8) is 0 Å². The van der Waals surface area contributed by atoms with E-state index < -0.39 is 0 Å². The van der Waals surface area contributed by atoms with Crippen LogP contribution in [0.1, 0.15) is 31.5 Å². The van der Waals surface area contributed by atoms with E-state index >= 15 is 0 Å². The highest BCUT2D eigenvalue weighted by Gasteiger charge is 2.01. The molecule has 0 radical (unpaired) electrons. The molecule has 0 fully saturated rings. The number of benzene rings is 1. The van der Waals surface area contributed by atoms with E-state index in [-0.39, 0.29) is 0 Å². The van der Waals surface area contributed by atoms with Gasteiger partial charge in [0.2, 0.25) is 0 Å². The maximum absolute atomic E-state index is 4.44. The molecule has 0 amide bonds. The summed E-state index contributed by atoms with van der Waals surface area (Å²) in [5, 5.41) is 3.19. The van der Waals surface area contributed by atoms with Crippen LogP contribution in [0.4, 0.5) is 0 Å². The number of thiazole rings is 1. The molecule has 0 N–H and O–H groups in total. The summed E-state index contributed by atoms with van der Waals surface area (Å²) in [4.78, 5) is 4.44. The minimum absolute atomic E-state index is 1.10. The third-order valence-electron chi connectivity index (χ3n) is 1.88. The summed E-state index contributed by atoms with van der Waals surface area (Å²) in [6, 6.07) is 8.44. The minimum atomic E-state index is 1.10. The maximum atomic E-state index is 4.44. The van der Waals surface area contributed by atoms with Crippen LogP contribution in [0.2, 0.25) is 0 Å². The van der Waals surface area contributed by atoms with E-state index in [1.807, 2.05) is 6.92 Å². The van der Waals surface area contributed by atoms with Crippen LogP contribution >= 0.6 is 11.3 Å². The lowest BCUT2D eigenvalue weighted by Gasteiger charge is -1.96. The van der Waals surface area contributed by atoms with Crippen LogP contribution in [0, 0.1) is 13.8 Å². The molecule has 0 aliphatic heterocycles. The first kappa shape index (κ1) is 12.9. The van der Waals surface area contributed by atoms with Gasteiger partial charge in [0.05, 0.1) is 0 Å². The molecule has 1 heterocycles. The molecule has 2 rings (SSSR count). The van der Waals surface area contributed by atoms with Gasteiger partial charge in [0.1, 0.15) is 5.01 Å². The third-order valence-corrected chi connectivity index (χ3v) is 2.89. The SMILES string of the molecule is CCC.Cc1cccc(-c2nc(C)cs2)c1. The molecule has 0 spiro atoms. The van der Waals surface area contributed by atoms with Gasteiger partial charge in [-0.25, -0.2) is 4.98 Å². The van der Waals surface area contributed by atoms with Crippen LogP contribution in [-0.2, 0) is 0 Å². The van der Waals surface area contributed by atoms with Crippen LogP contribution in [0.5, 0.6) is 0 Å². The van der Waals surface area contributed by atoms with Crippen molar-refractivity contribution in [2.75, 3.05) is 0 Å². The Balaban J connectivity index is 0.000000386. The molecule has 2 heteroatoms. The third kappa shape index (κ3) is 3.78. The fraction of sp³-hybridized carbons (Fsp3) is 0.357. The lowest BCUT2D eigenvalue weighted by molar-refractivity contribution is 1.09. The summed E-state index contributed by atoms with van der Waals surface area (Å²) in [6.45, 7) is 8.37. The second-order valence-electron chi connectivity index (χ2n) is 3.87. The van der Waals surface area contributed by atoms with Crippen molar-refractivity contribution in [2.24, 2.45) is 0 Å². The summed E-state index contributed by atoms with van der Waals surface area (Å²) in [5.41, 5.74) is 3.60. The Morgan fingerprint density at radius 3 is 2.38 bits per heavy atom. The van der Waals surface area contributed by atoms with Crippen LogP contribution in [0.15, 0.2) is 29.6 Å². The second-order valence-corrected chi connectivity index (χ2v) is 4.73. The molecule has 0 atom stereocenters. The normalized spacial score (nSPS) is 9.50. The number of rotatable bonds is 1. The first-order valence-corrected chi connectivity index (χ1v) is 6.54. The monoisotopic (exact) mass is 233 g/mol. The topological polar surface area (TPSA) is 12.9 Å². The average Bonchev–Trinajstić information content (AvgIpc) is 2.66. The van der Waals surface area contributed by atoms with Crippen molar-refractivity contribution in [1.29, 1.82) is 0 Å². The average molecular weight is 233 g/mol. The molecule has 0 unspecified atom stereocenters. The molecule has 16 heavy (non-hydrogen) atoms. The summed E-state index contributed by atoms with van der Waals surface area (Å²) in [6.07, 6.45) is 1.25. The van der Waals surface area contributed by atoms with Gasteiger partial charge >= 0.3 is 0 Å². The number of aromatic nitrogens is 1. The molecular weight excluding hydrogens is 214 g/mol. The van der Waals surface area contributed by atoms with E-state index in [1.165, 1.54) is 17.5 Å². The smallest absolute Gasteiger partial charge is 0.123 e. The quantitative estimate of drug-likeness (QED) is 0.686. The van der Waals surface area contributed by atoms with E-state index in [0.717, 1.165) is 10.7 Å². The van der Waals surface area contributed by atoms with Crippen molar-refractivity contribution in [1.82, 2.24) is 4.98 Å². The highest BCUT2D eigenvalue weighted by molar-refractivity contribution is 7.13. The van der Waals surface area contributed by atoms with Gasteiger partial charge in [-0.2, -0.15) is 0 Å². The van der Waals surface area contributed by atoms with Gasteiger partial charge in [0.15, 0.2) is 0 Å². The van der Waals surface area contributed by atoms with Gasteiger partial charge in [0, 0.05) is 16.6 Å². The summed E-state index contributed by atoms with van der Waals surface area (Å²) < 4.78 is 0. The fourth-order valence-electron chi connectivity index (χ4n) is 1.26. The van der Waals surface area contributed by atoms with Crippen LogP contribution in [0.25, 0.3) is 10.6 Å². The zero-order valence-corrected chi connectivity index (χ0v) is 11.3.